The second-order valence-electron chi connectivity index (χ2n) is 3.64. The summed E-state index contributed by atoms with van der Waals surface area (Å²) in [7, 11) is 3.05. The van der Waals surface area contributed by atoms with E-state index in [1.165, 1.54) is 7.11 Å². The van der Waals surface area contributed by atoms with Crippen LogP contribution < -0.4 is 4.74 Å². The number of carbonyl (C=O) groups excluding carboxylic acids is 1. The molecule has 1 aromatic carbocycles. The molecule has 0 spiro atoms. The van der Waals surface area contributed by atoms with Crippen LogP contribution in [0.3, 0.4) is 0 Å². The van der Waals surface area contributed by atoms with Crippen LogP contribution in [-0.2, 0) is 9.53 Å². The number of methoxy groups -OCH3 is 2. The Labute approximate surface area is 96.4 Å². The van der Waals surface area contributed by atoms with E-state index in [4.69, 9.17) is 9.47 Å². The Morgan fingerprint density at radius 1 is 1.25 bits per heavy atom. The number of rotatable bonds is 5. The van der Waals surface area contributed by atoms with Gasteiger partial charge in [0.2, 0.25) is 0 Å². The molecule has 1 aromatic rings. The van der Waals surface area contributed by atoms with Crippen molar-refractivity contribution in [2.45, 2.75) is 25.7 Å². The highest BCUT2D eigenvalue weighted by Crippen LogP contribution is 2.24. The minimum atomic E-state index is -0.174. The van der Waals surface area contributed by atoms with Crippen molar-refractivity contribution in [3.8, 4) is 5.75 Å². The lowest BCUT2D eigenvalue weighted by molar-refractivity contribution is -0.142. The molecule has 0 N–H and O–H groups in total. The lowest BCUT2D eigenvalue weighted by atomic mass is 9.94. The molecule has 0 radical (unpaired) electrons. The molecular formula is C13H18O3. The van der Waals surface area contributed by atoms with E-state index in [-0.39, 0.29) is 11.9 Å². The Morgan fingerprint density at radius 3 is 2.31 bits per heavy atom. The molecule has 0 bridgehead atoms. The van der Waals surface area contributed by atoms with Crippen LogP contribution in [0.5, 0.6) is 5.75 Å². The number of esters is 1. The Balaban J connectivity index is 2.87. The first kappa shape index (κ1) is 12.6. The van der Waals surface area contributed by atoms with Gasteiger partial charge in [0.05, 0.1) is 20.1 Å². The molecule has 1 atom stereocenters. The fraction of sp³-hybridized carbons (Fsp3) is 0.462. The molecule has 1 rings (SSSR count). The maximum Gasteiger partial charge on any atom is 0.313 e. The van der Waals surface area contributed by atoms with Crippen LogP contribution in [0.4, 0.5) is 0 Å². The molecule has 0 aromatic heterocycles. The van der Waals surface area contributed by atoms with E-state index in [0.29, 0.717) is 0 Å². The fourth-order valence-corrected chi connectivity index (χ4v) is 1.69. The normalized spacial score (nSPS) is 11.9. The quantitative estimate of drug-likeness (QED) is 0.719. The zero-order valence-electron chi connectivity index (χ0n) is 10.0. The summed E-state index contributed by atoms with van der Waals surface area (Å²) in [4.78, 5) is 11.6. The molecule has 3 heteroatoms. The topological polar surface area (TPSA) is 35.5 Å². The van der Waals surface area contributed by atoms with Crippen LogP contribution in [0.1, 0.15) is 31.2 Å². The van der Waals surface area contributed by atoms with Crippen LogP contribution in [0.25, 0.3) is 0 Å². The molecule has 0 saturated carbocycles. The van der Waals surface area contributed by atoms with Crippen molar-refractivity contribution in [1.82, 2.24) is 0 Å². The third-order valence-corrected chi connectivity index (χ3v) is 2.58. The van der Waals surface area contributed by atoms with Crippen molar-refractivity contribution >= 4 is 5.97 Å². The van der Waals surface area contributed by atoms with Gasteiger partial charge in [0.25, 0.3) is 0 Å². The fourth-order valence-electron chi connectivity index (χ4n) is 1.69. The van der Waals surface area contributed by atoms with Crippen LogP contribution in [-0.4, -0.2) is 20.2 Å². The second-order valence-corrected chi connectivity index (χ2v) is 3.64. The van der Waals surface area contributed by atoms with E-state index < -0.39 is 0 Å². The molecule has 3 nitrogen and oxygen atoms in total. The molecule has 0 amide bonds. The monoisotopic (exact) mass is 222 g/mol. The third-order valence-electron chi connectivity index (χ3n) is 2.58. The highest BCUT2D eigenvalue weighted by molar-refractivity contribution is 5.78. The van der Waals surface area contributed by atoms with E-state index in [1.807, 2.05) is 24.3 Å². The molecule has 0 saturated heterocycles. The van der Waals surface area contributed by atoms with Gasteiger partial charge in [-0.3, -0.25) is 4.79 Å². The highest BCUT2D eigenvalue weighted by atomic mass is 16.5. The standard InChI is InChI=1S/C13H18O3/c1-4-5-12(13(14)16-3)10-6-8-11(15-2)9-7-10/h6-9,12H,4-5H2,1-3H3. The van der Waals surface area contributed by atoms with Crippen LogP contribution in [0.15, 0.2) is 24.3 Å². The van der Waals surface area contributed by atoms with Gasteiger partial charge < -0.3 is 9.47 Å². The van der Waals surface area contributed by atoms with E-state index in [0.717, 1.165) is 24.2 Å². The summed E-state index contributed by atoms with van der Waals surface area (Å²) in [6.07, 6.45) is 1.75. The summed E-state index contributed by atoms with van der Waals surface area (Å²) in [6, 6.07) is 7.55. The molecule has 88 valence electrons. The van der Waals surface area contributed by atoms with Crippen molar-refractivity contribution in [1.29, 1.82) is 0 Å². The molecule has 1 unspecified atom stereocenters. The molecule has 0 fully saturated rings. The molecule has 0 heterocycles. The first-order valence-electron chi connectivity index (χ1n) is 5.44. The number of hydrogen-bond donors (Lipinski definition) is 0. The SMILES string of the molecule is CCCC(C(=O)OC)c1ccc(OC)cc1. The van der Waals surface area contributed by atoms with Crippen molar-refractivity contribution in [2.75, 3.05) is 14.2 Å². The Kier molecular flexibility index (Phi) is 4.83. The summed E-state index contributed by atoms with van der Waals surface area (Å²) in [6.45, 7) is 2.06. The van der Waals surface area contributed by atoms with Crippen molar-refractivity contribution in [3.63, 3.8) is 0 Å². The smallest absolute Gasteiger partial charge is 0.313 e. The molecule has 16 heavy (non-hydrogen) atoms. The summed E-state index contributed by atoms with van der Waals surface area (Å²) in [5, 5.41) is 0. The van der Waals surface area contributed by atoms with Gasteiger partial charge in [-0.25, -0.2) is 0 Å². The predicted molar refractivity (Wildman–Crippen MR) is 62.7 cm³/mol. The molecule has 0 aliphatic carbocycles. The van der Waals surface area contributed by atoms with E-state index in [2.05, 4.69) is 6.92 Å². The molecular weight excluding hydrogens is 204 g/mol. The summed E-state index contributed by atoms with van der Waals surface area (Å²) < 4.78 is 9.89. The summed E-state index contributed by atoms with van der Waals surface area (Å²) in [5.74, 6) is 0.455. The number of benzene rings is 1. The Hall–Kier alpha value is -1.51. The largest absolute Gasteiger partial charge is 0.497 e. The lowest BCUT2D eigenvalue weighted by Gasteiger charge is -2.14. The Bertz CT molecular complexity index is 330. The molecule has 0 aliphatic rings. The number of carbonyl (C=O) groups is 1. The van der Waals surface area contributed by atoms with Gasteiger partial charge in [-0.05, 0) is 24.1 Å². The van der Waals surface area contributed by atoms with Crippen LogP contribution in [0, 0.1) is 0 Å². The third kappa shape index (κ3) is 2.99. The summed E-state index contributed by atoms with van der Waals surface area (Å²) in [5.41, 5.74) is 0.981. The average Bonchev–Trinajstić information content (AvgIpc) is 2.35. The van der Waals surface area contributed by atoms with Crippen molar-refractivity contribution in [3.05, 3.63) is 29.8 Å². The van der Waals surface area contributed by atoms with E-state index in [9.17, 15) is 4.79 Å². The number of ether oxygens (including phenoxy) is 2. The van der Waals surface area contributed by atoms with Gasteiger partial charge in [0, 0.05) is 0 Å². The second kappa shape index (κ2) is 6.16. The zero-order chi connectivity index (χ0) is 12.0. The predicted octanol–water partition coefficient (Wildman–Crippen LogP) is 2.75. The number of hydrogen-bond acceptors (Lipinski definition) is 3. The van der Waals surface area contributed by atoms with Crippen molar-refractivity contribution < 1.29 is 14.3 Å². The van der Waals surface area contributed by atoms with E-state index in [1.54, 1.807) is 7.11 Å². The lowest BCUT2D eigenvalue weighted by Crippen LogP contribution is -2.14. The van der Waals surface area contributed by atoms with Gasteiger partial charge in [-0.15, -0.1) is 0 Å². The zero-order valence-corrected chi connectivity index (χ0v) is 10.0. The van der Waals surface area contributed by atoms with Gasteiger partial charge in [0.15, 0.2) is 0 Å². The average molecular weight is 222 g/mol. The maximum absolute atomic E-state index is 11.6. The minimum Gasteiger partial charge on any atom is -0.497 e. The molecule has 0 aliphatic heterocycles. The van der Waals surface area contributed by atoms with Gasteiger partial charge in [-0.2, -0.15) is 0 Å². The first-order valence-corrected chi connectivity index (χ1v) is 5.44. The van der Waals surface area contributed by atoms with E-state index >= 15 is 0 Å². The first-order chi connectivity index (χ1) is 7.72. The van der Waals surface area contributed by atoms with Crippen LogP contribution >= 0.6 is 0 Å². The Morgan fingerprint density at radius 2 is 1.88 bits per heavy atom. The summed E-state index contributed by atoms with van der Waals surface area (Å²) >= 11 is 0. The maximum atomic E-state index is 11.6. The van der Waals surface area contributed by atoms with Crippen LogP contribution in [0.2, 0.25) is 0 Å². The van der Waals surface area contributed by atoms with Gasteiger partial charge in [-0.1, -0.05) is 25.5 Å². The van der Waals surface area contributed by atoms with Gasteiger partial charge >= 0.3 is 5.97 Å². The highest BCUT2D eigenvalue weighted by Gasteiger charge is 2.20. The van der Waals surface area contributed by atoms with Crippen molar-refractivity contribution in [2.24, 2.45) is 0 Å². The minimum absolute atomic E-state index is 0.166. The van der Waals surface area contributed by atoms with Gasteiger partial charge in [0.1, 0.15) is 5.75 Å².